The molecule has 5 aromatic rings. The number of alkyl halides is 3. The van der Waals surface area contributed by atoms with Crippen molar-refractivity contribution < 1.29 is 27.2 Å². The maximum absolute atomic E-state index is 13.1. The fourth-order valence-corrected chi connectivity index (χ4v) is 7.01. The molecule has 232 valence electrons. The van der Waals surface area contributed by atoms with Crippen LogP contribution in [0.3, 0.4) is 0 Å². The van der Waals surface area contributed by atoms with Crippen molar-refractivity contribution in [3.05, 3.63) is 60.0 Å². The van der Waals surface area contributed by atoms with Crippen LogP contribution in [0, 0.1) is 11.8 Å². The second kappa shape index (κ2) is 11.1. The highest BCUT2D eigenvalue weighted by atomic mass is 19.4. The number of nitrogens with one attached hydrogen (secondary N) is 2. The minimum absolute atomic E-state index is 0.0118. The number of ether oxygens (including phenoxy) is 2. The lowest BCUT2D eigenvalue weighted by atomic mass is 9.82. The van der Waals surface area contributed by atoms with Gasteiger partial charge < -0.3 is 19.3 Å². The fraction of sp³-hybridized carbons (Fsp3) is 0.419. The molecular formula is C31H29F3N8O3. The standard InChI is InChI=1S/C31H29F3N8O3/c32-31(33,34)44-24-7-2-1-4-20(24)27-22(29(45-40-27)16-8-9-16)15-43-19-12-17-10-11-18(13-19)26(17)37-25-14-35-28-21(30-38-41-42-39-30)5-3-6-23(28)36-25/h1-7,14,16-19,26H,8-13,15H2,(H,36,37)(H,38,39,41,42)/t17-,18+,19-,26+. The Kier molecular flexibility index (Phi) is 6.88. The molecule has 4 atom stereocenters. The third kappa shape index (κ3) is 5.58. The number of rotatable bonds is 9. The smallest absolute Gasteiger partial charge is 0.405 e. The minimum Gasteiger partial charge on any atom is -0.405 e. The number of hydrogen-bond acceptors (Lipinski definition) is 10. The largest absolute Gasteiger partial charge is 0.573 e. The van der Waals surface area contributed by atoms with E-state index in [-0.39, 0.29) is 36.0 Å². The Balaban J connectivity index is 0.970. The first kappa shape index (κ1) is 27.9. The van der Waals surface area contributed by atoms with Crippen molar-refractivity contribution in [3.63, 3.8) is 0 Å². The van der Waals surface area contributed by atoms with Crippen LogP contribution in [0.4, 0.5) is 19.0 Å². The van der Waals surface area contributed by atoms with Gasteiger partial charge in [-0.1, -0.05) is 23.4 Å². The van der Waals surface area contributed by atoms with E-state index in [4.69, 9.17) is 14.2 Å². The third-order valence-corrected chi connectivity index (χ3v) is 9.14. The van der Waals surface area contributed by atoms with Crippen molar-refractivity contribution in [3.8, 4) is 28.4 Å². The first-order valence-electron chi connectivity index (χ1n) is 15.1. The van der Waals surface area contributed by atoms with Crippen LogP contribution in [0.15, 0.2) is 53.2 Å². The number of aromatic amines is 1. The molecule has 2 N–H and O–H groups in total. The molecular weight excluding hydrogens is 589 g/mol. The van der Waals surface area contributed by atoms with E-state index in [2.05, 4.69) is 40.8 Å². The number of hydrogen-bond donors (Lipinski definition) is 2. The summed E-state index contributed by atoms with van der Waals surface area (Å²) in [5.41, 5.74) is 3.52. The molecule has 14 heteroatoms. The summed E-state index contributed by atoms with van der Waals surface area (Å²) in [7, 11) is 0. The van der Waals surface area contributed by atoms with E-state index in [0.717, 1.165) is 55.4 Å². The number of nitrogens with zero attached hydrogens (tertiary/aromatic N) is 6. The SMILES string of the molecule is FC(F)(F)Oc1ccccc1-c1noc(C2CC2)c1CO[C@@H]1C[C@H]2CC[C@@H](C1)[C@H]2Nc1cnc2c(-c3nnn[nH]3)cccc2n1. The summed E-state index contributed by atoms with van der Waals surface area (Å²) in [5, 5.41) is 22.0. The fourth-order valence-electron chi connectivity index (χ4n) is 7.01. The van der Waals surface area contributed by atoms with Crippen molar-refractivity contribution in [2.75, 3.05) is 5.32 Å². The molecule has 0 amide bonds. The summed E-state index contributed by atoms with van der Waals surface area (Å²) in [6.07, 6.45) is 2.76. The van der Waals surface area contributed by atoms with Gasteiger partial charge in [-0.25, -0.2) is 15.1 Å². The Hall–Kier alpha value is -4.59. The zero-order valence-electron chi connectivity index (χ0n) is 24.0. The molecule has 3 saturated carbocycles. The molecule has 8 rings (SSSR count). The summed E-state index contributed by atoms with van der Waals surface area (Å²) < 4.78 is 56.0. The molecule has 0 radical (unpaired) electrons. The number of benzene rings is 2. The first-order chi connectivity index (χ1) is 21.9. The van der Waals surface area contributed by atoms with Crippen LogP contribution < -0.4 is 10.1 Å². The van der Waals surface area contributed by atoms with E-state index in [1.165, 1.54) is 12.1 Å². The Morgan fingerprint density at radius 3 is 2.53 bits per heavy atom. The Bertz CT molecular complexity index is 1810. The summed E-state index contributed by atoms with van der Waals surface area (Å²) in [5.74, 6) is 2.64. The molecule has 3 aliphatic carbocycles. The molecule has 3 aliphatic rings. The van der Waals surface area contributed by atoms with Gasteiger partial charge in [0.1, 0.15) is 23.0 Å². The van der Waals surface area contributed by atoms with E-state index in [1.54, 1.807) is 18.3 Å². The van der Waals surface area contributed by atoms with E-state index in [9.17, 15) is 13.2 Å². The maximum Gasteiger partial charge on any atom is 0.573 e. The van der Waals surface area contributed by atoms with E-state index >= 15 is 0 Å². The van der Waals surface area contributed by atoms with Crippen LogP contribution in [-0.2, 0) is 11.3 Å². The summed E-state index contributed by atoms with van der Waals surface area (Å²) in [6, 6.07) is 12.0. The topological polar surface area (TPSA) is 137 Å². The number of anilines is 1. The van der Waals surface area contributed by atoms with Crippen LogP contribution in [-0.4, -0.2) is 54.3 Å². The zero-order chi connectivity index (χ0) is 30.5. The maximum atomic E-state index is 13.1. The predicted molar refractivity (Wildman–Crippen MR) is 155 cm³/mol. The molecule has 11 nitrogen and oxygen atoms in total. The van der Waals surface area contributed by atoms with Crippen LogP contribution in [0.1, 0.15) is 55.8 Å². The first-order valence-corrected chi connectivity index (χ1v) is 15.1. The number of tetrazole rings is 1. The van der Waals surface area contributed by atoms with Crippen molar-refractivity contribution in [2.24, 2.45) is 11.8 Å². The molecule has 0 unspecified atom stereocenters. The van der Waals surface area contributed by atoms with Crippen molar-refractivity contribution in [1.82, 2.24) is 35.7 Å². The van der Waals surface area contributed by atoms with Gasteiger partial charge in [0.2, 0.25) is 0 Å². The van der Waals surface area contributed by atoms with Gasteiger partial charge in [0, 0.05) is 28.7 Å². The molecule has 0 aliphatic heterocycles. The van der Waals surface area contributed by atoms with Gasteiger partial charge in [-0.05, 0) is 85.1 Å². The van der Waals surface area contributed by atoms with E-state index in [1.807, 2.05) is 18.2 Å². The molecule has 0 spiro atoms. The number of aromatic nitrogens is 7. The van der Waals surface area contributed by atoms with Crippen molar-refractivity contribution in [1.29, 1.82) is 0 Å². The van der Waals surface area contributed by atoms with Gasteiger partial charge >= 0.3 is 6.36 Å². The highest BCUT2D eigenvalue weighted by Crippen LogP contribution is 2.48. The van der Waals surface area contributed by atoms with E-state index in [0.29, 0.717) is 40.2 Å². The van der Waals surface area contributed by atoms with Crippen LogP contribution in [0.2, 0.25) is 0 Å². The number of halogens is 3. The van der Waals surface area contributed by atoms with Gasteiger partial charge in [0.25, 0.3) is 0 Å². The van der Waals surface area contributed by atoms with Crippen molar-refractivity contribution in [2.45, 2.75) is 69.6 Å². The lowest BCUT2D eigenvalue weighted by molar-refractivity contribution is -0.274. The number of para-hydroxylation sites is 2. The second-order valence-corrected chi connectivity index (χ2v) is 12.0. The highest BCUT2D eigenvalue weighted by Gasteiger charge is 2.44. The number of fused-ring (bicyclic) bond motifs is 3. The Morgan fingerprint density at radius 1 is 0.978 bits per heavy atom. The summed E-state index contributed by atoms with van der Waals surface area (Å²) in [4.78, 5) is 9.52. The summed E-state index contributed by atoms with van der Waals surface area (Å²) >= 11 is 0. The molecule has 45 heavy (non-hydrogen) atoms. The van der Waals surface area contributed by atoms with Gasteiger partial charge in [0.05, 0.1) is 29.9 Å². The monoisotopic (exact) mass is 618 g/mol. The lowest BCUT2D eigenvalue weighted by Crippen LogP contribution is -2.39. The molecule has 2 aromatic carbocycles. The van der Waals surface area contributed by atoms with Gasteiger partial charge in [-0.15, -0.1) is 18.3 Å². The normalized spacial score (nSPS) is 23.0. The minimum atomic E-state index is -4.82. The molecule has 3 heterocycles. The Morgan fingerprint density at radius 2 is 1.78 bits per heavy atom. The summed E-state index contributed by atoms with van der Waals surface area (Å²) in [6.45, 7) is 0.215. The third-order valence-electron chi connectivity index (χ3n) is 9.14. The van der Waals surface area contributed by atoms with Crippen molar-refractivity contribution >= 4 is 16.9 Å². The van der Waals surface area contributed by atoms with E-state index < -0.39 is 6.36 Å². The van der Waals surface area contributed by atoms with Gasteiger partial charge in [0.15, 0.2) is 5.82 Å². The Labute approximate surface area is 254 Å². The van der Waals surface area contributed by atoms with Crippen LogP contribution in [0.5, 0.6) is 5.75 Å². The molecule has 0 saturated heterocycles. The zero-order valence-corrected chi connectivity index (χ0v) is 24.0. The quantitative estimate of drug-likeness (QED) is 0.190. The molecule has 3 fully saturated rings. The predicted octanol–water partition coefficient (Wildman–Crippen LogP) is 6.43. The van der Waals surface area contributed by atoms with Gasteiger partial charge in [-0.2, -0.15) is 0 Å². The average Bonchev–Trinajstić information content (AvgIpc) is 3.45. The van der Waals surface area contributed by atoms with Gasteiger partial charge in [-0.3, -0.25) is 0 Å². The average molecular weight is 619 g/mol. The molecule has 3 aromatic heterocycles. The highest BCUT2D eigenvalue weighted by molar-refractivity contribution is 5.89. The molecule has 2 bridgehead atoms. The lowest BCUT2D eigenvalue weighted by Gasteiger charge is -2.36. The number of H-pyrrole nitrogens is 1. The van der Waals surface area contributed by atoms with Crippen LogP contribution >= 0.6 is 0 Å². The second-order valence-electron chi connectivity index (χ2n) is 12.0. The van der Waals surface area contributed by atoms with Crippen LogP contribution in [0.25, 0.3) is 33.7 Å².